The van der Waals surface area contributed by atoms with Crippen LogP contribution in [0.4, 0.5) is 10.5 Å². The van der Waals surface area contributed by atoms with Gasteiger partial charge in [0.05, 0.1) is 18.2 Å². The van der Waals surface area contributed by atoms with Gasteiger partial charge in [0.25, 0.3) is 5.69 Å². The van der Waals surface area contributed by atoms with Crippen LogP contribution >= 0.6 is 0 Å². The minimum atomic E-state index is -0.758. The summed E-state index contributed by atoms with van der Waals surface area (Å²) in [6.45, 7) is 0.227. The number of urea groups is 1. The van der Waals surface area contributed by atoms with Crippen molar-refractivity contribution in [2.75, 3.05) is 7.11 Å². The van der Waals surface area contributed by atoms with E-state index in [1.165, 1.54) is 25.5 Å². The number of rotatable bonds is 7. The normalized spacial score (nSPS) is 10.4. The van der Waals surface area contributed by atoms with Gasteiger partial charge in [-0.05, 0) is 41.5 Å². The molecule has 2 rings (SSSR count). The molecule has 2 aromatic carbocycles. The number of hydrazone groups is 1. The Bertz CT molecular complexity index is 790. The fourth-order valence-corrected chi connectivity index (χ4v) is 1.93. The van der Waals surface area contributed by atoms with Crippen molar-refractivity contribution in [2.45, 2.75) is 6.61 Å². The summed E-state index contributed by atoms with van der Waals surface area (Å²) < 4.78 is 10.9. The summed E-state index contributed by atoms with van der Waals surface area (Å²) in [5, 5.41) is 14.3. The summed E-state index contributed by atoms with van der Waals surface area (Å²) in [4.78, 5) is 20.7. The van der Waals surface area contributed by atoms with Crippen LogP contribution in [0.2, 0.25) is 0 Å². The Morgan fingerprint density at radius 1 is 1.28 bits per heavy atom. The third-order valence-corrected chi connectivity index (χ3v) is 3.12. The average Bonchev–Trinajstić information content (AvgIpc) is 2.60. The predicted molar refractivity (Wildman–Crippen MR) is 90.7 cm³/mol. The predicted octanol–water partition coefficient (Wildman–Crippen LogP) is 2.18. The Hall–Kier alpha value is -3.62. The van der Waals surface area contributed by atoms with Crippen molar-refractivity contribution >= 4 is 17.9 Å². The third-order valence-electron chi connectivity index (χ3n) is 3.12. The summed E-state index contributed by atoms with van der Waals surface area (Å²) in [6, 6.07) is 10.4. The van der Waals surface area contributed by atoms with Crippen LogP contribution in [0.25, 0.3) is 0 Å². The maximum atomic E-state index is 10.6. The number of hydrogen-bond donors (Lipinski definition) is 2. The minimum absolute atomic E-state index is 0.0227. The average molecular weight is 344 g/mol. The number of nitrogens with two attached hydrogens (primary N) is 1. The Kier molecular flexibility index (Phi) is 5.88. The summed E-state index contributed by atoms with van der Waals surface area (Å²) in [7, 11) is 1.50. The Morgan fingerprint density at radius 3 is 2.60 bits per heavy atom. The summed E-state index contributed by atoms with van der Waals surface area (Å²) in [6.07, 6.45) is 1.41. The van der Waals surface area contributed by atoms with Crippen molar-refractivity contribution in [2.24, 2.45) is 10.8 Å². The number of nitro benzene ring substituents is 1. The summed E-state index contributed by atoms with van der Waals surface area (Å²) in [5.41, 5.74) is 8.48. The second-order valence-electron chi connectivity index (χ2n) is 4.86. The highest BCUT2D eigenvalue weighted by Crippen LogP contribution is 2.28. The maximum Gasteiger partial charge on any atom is 0.332 e. The van der Waals surface area contributed by atoms with Gasteiger partial charge in [0.1, 0.15) is 6.61 Å². The molecule has 0 aliphatic heterocycles. The quantitative estimate of drug-likeness (QED) is 0.452. The lowest BCUT2D eigenvalue weighted by Gasteiger charge is -2.11. The highest BCUT2D eigenvalue weighted by molar-refractivity contribution is 5.82. The number of amides is 2. The number of nitro groups is 1. The molecule has 0 aliphatic carbocycles. The molecule has 9 heteroatoms. The number of non-ortho nitro benzene ring substituents is 1. The third kappa shape index (κ3) is 5.20. The van der Waals surface area contributed by atoms with Gasteiger partial charge in [-0.3, -0.25) is 10.1 Å². The lowest BCUT2D eigenvalue weighted by atomic mass is 10.2. The van der Waals surface area contributed by atoms with Gasteiger partial charge in [-0.2, -0.15) is 5.10 Å². The standard InChI is InChI=1S/C16H16N4O5/c1-24-15-8-12(9-18-19-16(17)21)4-7-14(15)25-10-11-2-5-13(6-3-11)20(22)23/h2-9H,10H2,1H3,(H3,17,19,21). The number of carbonyl (C=O) groups is 1. The van der Waals surface area contributed by atoms with E-state index >= 15 is 0 Å². The van der Waals surface area contributed by atoms with Crippen molar-refractivity contribution in [1.29, 1.82) is 0 Å². The first-order valence-corrected chi connectivity index (χ1v) is 7.12. The van der Waals surface area contributed by atoms with E-state index in [4.69, 9.17) is 15.2 Å². The van der Waals surface area contributed by atoms with Gasteiger partial charge >= 0.3 is 6.03 Å². The molecule has 0 aliphatic rings. The van der Waals surface area contributed by atoms with E-state index in [1.807, 2.05) is 0 Å². The molecule has 0 atom stereocenters. The van der Waals surface area contributed by atoms with Gasteiger partial charge in [0, 0.05) is 12.1 Å². The largest absolute Gasteiger partial charge is 0.493 e. The van der Waals surface area contributed by atoms with Gasteiger partial charge in [-0.15, -0.1) is 0 Å². The zero-order valence-electron chi connectivity index (χ0n) is 13.3. The van der Waals surface area contributed by atoms with Crippen LogP contribution in [-0.2, 0) is 6.61 Å². The molecule has 3 N–H and O–H groups in total. The number of nitrogens with zero attached hydrogens (tertiary/aromatic N) is 2. The van der Waals surface area contributed by atoms with Crippen LogP contribution in [-0.4, -0.2) is 24.3 Å². The van der Waals surface area contributed by atoms with Gasteiger partial charge in [0.15, 0.2) is 11.5 Å². The zero-order chi connectivity index (χ0) is 18.2. The molecule has 9 nitrogen and oxygen atoms in total. The van der Waals surface area contributed by atoms with Crippen LogP contribution in [0.1, 0.15) is 11.1 Å². The summed E-state index contributed by atoms with van der Waals surface area (Å²) >= 11 is 0. The molecule has 0 heterocycles. The molecule has 0 spiro atoms. The molecule has 0 bridgehead atoms. The van der Waals surface area contributed by atoms with Crippen molar-refractivity contribution in [3.8, 4) is 11.5 Å². The number of hydrogen-bond acceptors (Lipinski definition) is 6. The number of methoxy groups -OCH3 is 1. The van der Waals surface area contributed by atoms with E-state index in [9.17, 15) is 14.9 Å². The second kappa shape index (κ2) is 8.29. The lowest BCUT2D eigenvalue weighted by Crippen LogP contribution is -2.24. The summed E-state index contributed by atoms with van der Waals surface area (Å²) in [5.74, 6) is 0.978. The number of benzene rings is 2. The number of carbonyl (C=O) groups excluding carboxylic acids is 1. The van der Waals surface area contributed by atoms with Crippen LogP contribution in [0, 0.1) is 10.1 Å². The molecule has 0 saturated carbocycles. The smallest absolute Gasteiger partial charge is 0.332 e. The van der Waals surface area contributed by atoms with Crippen molar-refractivity contribution < 1.29 is 19.2 Å². The fourth-order valence-electron chi connectivity index (χ4n) is 1.93. The van der Waals surface area contributed by atoms with Crippen molar-refractivity contribution in [1.82, 2.24) is 5.43 Å². The molecule has 0 aromatic heterocycles. The highest BCUT2D eigenvalue weighted by atomic mass is 16.6. The maximum absolute atomic E-state index is 10.6. The van der Waals surface area contributed by atoms with Crippen LogP contribution < -0.4 is 20.6 Å². The number of primary amides is 1. The monoisotopic (exact) mass is 344 g/mol. The van der Waals surface area contributed by atoms with E-state index in [1.54, 1.807) is 30.3 Å². The Morgan fingerprint density at radius 2 is 2.00 bits per heavy atom. The molecule has 0 saturated heterocycles. The molecule has 2 aromatic rings. The first-order chi connectivity index (χ1) is 12.0. The molecule has 25 heavy (non-hydrogen) atoms. The van der Waals surface area contributed by atoms with Gasteiger partial charge in [-0.25, -0.2) is 10.2 Å². The minimum Gasteiger partial charge on any atom is -0.493 e. The van der Waals surface area contributed by atoms with Crippen LogP contribution in [0.15, 0.2) is 47.6 Å². The van der Waals surface area contributed by atoms with E-state index in [0.717, 1.165) is 5.56 Å². The van der Waals surface area contributed by atoms with E-state index in [2.05, 4.69) is 10.5 Å². The molecular weight excluding hydrogens is 328 g/mol. The highest BCUT2D eigenvalue weighted by Gasteiger charge is 2.07. The number of ether oxygens (including phenoxy) is 2. The van der Waals surface area contributed by atoms with Gasteiger partial charge in [0.2, 0.25) is 0 Å². The topological polar surface area (TPSA) is 129 Å². The lowest BCUT2D eigenvalue weighted by molar-refractivity contribution is -0.384. The molecular formula is C16H16N4O5. The molecule has 0 fully saturated rings. The molecule has 0 radical (unpaired) electrons. The molecule has 2 amide bonds. The van der Waals surface area contributed by atoms with Crippen molar-refractivity contribution in [3.05, 3.63) is 63.7 Å². The Balaban J connectivity index is 2.04. The Labute approximate surface area is 143 Å². The SMILES string of the molecule is COc1cc(C=NNC(N)=O)ccc1OCc1ccc([N+](=O)[O-])cc1. The van der Waals surface area contributed by atoms with E-state index in [-0.39, 0.29) is 12.3 Å². The first-order valence-electron chi connectivity index (χ1n) is 7.12. The molecule has 130 valence electrons. The number of nitrogens with one attached hydrogen (secondary N) is 1. The second-order valence-corrected chi connectivity index (χ2v) is 4.86. The van der Waals surface area contributed by atoms with Gasteiger partial charge in [-0.1, -0.05) is 0 Å². The van der Waals surface area contributed by atoms with Crippen LogP contribution in [0.5, 0.6) is 11.5 Å². The van der Waals surface area contributed by atoms with E-state index in [0.29, 0.717) is 17.1 Å². The fraction of sp³-hybridized carbons (Fsp3) is 0.125. The zero-order valence-corrected chi connectivity index (χ0v) is 13.3. The van der Waals surface area contributed by atoms with Crippen LogP contribution in [0.3, 0.4) is 0 Å². The van der Waals surface area contributed by atoms with E-state index < -0.39 is 11.0 Å². The molecule has 0 unspecified atom stereocenters. The first kappa shape index (κ1) is 17.7. The van der Waals surface area contributed by atoms with Crippen molar-refractivity contribution in [3.63, 3.8) is 0 Å². The van der Waals surface area contributed by atoms with Gasteiger partial charge < -0.3 is 15.2 Å².